The third-order valence-electron chi connectivity index (χ3n) is 8.11. The highest BCUT2D eigenvalue weighted by Gasteiger charge is 2.56. The van der Waals surface area contributed by atoms with Crippen molar-refractivity contribution >= 4 is 5.69 Å². The van der Waals surface area contributed by atoms with Crippen LogP contribution in [0.3, 0.4) is 0 Å². The van der Waals surface area contributed by atoms with E-state index in [1.54, 1.807) is 0 Å². The summed E-state index contributed by atoms with van der Waals surface area (Å²) in [5.41, 5.74) is 1.64. The molecule has 0 saturated carbocycles. The largest absolute Gasteiger partial charge is 0.476 e. The van der Waals surface area contributed by atoms with Crippen LogP contribution in [-0.2, 0) is 31.0 Å². The second kappa shape index (κ2) is 12.5. The number of aromatic nitrogens is 2. The van der Waals surface area contributed by atoms with Crippen LogP contribution in [0.15, 0.2) is 91.0 Å². The minimum Gasteiger partial charge on any atom is -0.476 e. The molecule has 45 heavy (non-hydrogen) atoms. The minimum absolute atomic E-state index is 0.0316. The van der Waals surface area contributed by atoms with Crippen molar-refractivity contribution in [1.29, 1.82) is 0 Å². The van der Waals surface area contributed by atoms with E-state index in [0.717, 1.165) is 16.7 Å². The SMILES string of the molecule is COc1nc(C[C@@H]2O[C@H](COC(c3ccccc3)(c3ccccc3)c3ccccc3)[C@H]3OC(C)(C)O[C@H]32)c([N+](=O)[O-])c(OC)n1. The van der Waals surface area contributed by atoms with Gasteiger partial charge in [-0.25, -0.2) is 0 Å². The Balaban J connectivity index is 1.37. The maximum absolute atomic E-state index is 12.1. The molecule has 11 nitrogen and oxygen atoms in total. The van der Waals surface area contributed by atoms with Crippen molar-refractivity contribution in [3.05, 3.63) is 123 Å². The Kier molecular flexibility index (Phi) is 8.52. The Labute approximate surface area is 261 Å². The number of nitrogens with zero attached hydrogens (tertiary/aromatic N) is 3. The number of hydrogen-bond acceptors (Lipinski definition) is 10. The third-order valence-corrected chi connectivity index (χ3v) is 8.11. The standard InChI is InChI=1S/C34H35N3O8/c1-33(2)44-29-26(20-25-28(37(38)39)31(40-3)36-32(35-25)41-4)43-27(30(29)45-33)21-42-34(22-14-8-5-9-15-22,23-16-10-6-11-17-23)24-18-12-7-13-19-24/h5-19,26-27,29-30H,20-21H2,1-4H3/t26-,27+,29-,30+/m0/s1. The fraction of sp³-hybridized carbons (Fsp3) is 0.353. The summed E-state index contributed by atoms with van der Waals surface area (Å²) in [5.74, 6) is -1.10. The zero-order valence-corrected chi connectivity index (χ0v) is 25.5. The van der Waals surface area contributed by atoms with Crippen molar-refractivity contribution in [3.63, 3.8) is 0 Å². The molecule has 0 amide bonds. The first-order chi connectivity index (χ1) is 21.8. The average Bonchev–Trinajstić information content (AvgIpc) is 3.54. The smallest absolute Gasteiger partial charge is 0.352 e. The van der Waals surface area contributed by atoms with Crippen molar-refractivity contribution in [2.45, 2.75) is 56.1 Å². The Morgan fingerprint density at radius 2 is 1.31 bits per heavy atom. The van der Waals surface area contributed by atoms with Crippen LogP contribution in [0.25, 0.3) is 0 Å². The Morgan fingerprint density at radius 3 is 1.78 bits per heavy atom. The molecule has 0 N–H and O–H groups in total. The first kappa shape index (κ1) is 30.6. The molecule has 4 aromatic rings. The average molecular weight is 614 g/mol. The quantitative estimate of drug-likeness (QED) is 0.126. The zero-order valence-electron chi connectivity index (χ0n) is 25.5. The number of hydrogen-bond donors (Lipinski definition) is 0. The van der Waals surface area contributed by atoms with Crippen LogP contribution in [0.4, 0.5) is 5.69 Å². The van der Waals surface area contributed by atoms with E-state index in [4.69, 9.17) is 28.4 Å². The number of rotatable bonds is 11. The van der Waals surface area contributed by atoms with Gasteiger partial charge in [0.2, 0.25) is 0 Å². The van der Waals surface area contributed by atoms with Gasteiger partial charge in [-0.2, -0.15) is 9.97 Å². The maximum Gasteiger partial charge on any atom is 0.352 e. The highest BCUT2D eigenvalue weighted by molar-refractivity contribution is 5.48. The molecule has 0 aliphatic carbocycles. The fourth-order valence-electron chi connectivity index (χ4n) is 6.25. The molecular weight excluding hydrogens is 578 g/mol. The van der Waals surface area contributed by atoms with Gasteiger partial charge in [0.1, 0.15) is 29.6 Å². The van der Waals surface area contributed by atoms with Crippen LogP contribution in [0.2, 0.25) is 0 Å². The summed E-state index contributed by atoms with van der Waals surface area (Å²) in [7, 11) is 2.69. The lowest BCUT2D eigenvalue weighted by molar-refractivity contribution is -0.387. The molecule has 2 fully saturated rings. The lowest BCUT2D eigenvalue weighted by Crippen LogP contribution is -2.39. The van der Waals surface area contributed by atoms with Gasteiger partial charge in [0.25, 0.3) is 0 Å². The number of nitro groups is 1. The van der Waals surface area contributed by atoms with Crippen molar-refractivity contribution in [1.82, 2.24) is 9.97 Å². The number of benzene rings is 3. The maximum atomic E-state index is 12.1. The van der Waals surface area contributed by atoms with Gasteiger partial charge in [0.15, 0.2) is 5.79 Å². The summed E-state index contributed by atoms with van der Waals surface area (Å²) in [6.45, 7) is 3.80. The molecule has 4 atom stereocenters. The van der Waals surface area contributed by atoms with E-state index in [1.807, 2.05) is 68.4 Å². The van der Waals surface area contributed by atoms with Crippen LogP contribution in [0, 0.1) is 10.1 Å². The molecule has 0 bridgehead atoms. The normalized spacial score (nSPS) is 22.1. The molecule has 2 saturated heterocycles. The van der Waals surface area contributed by atoms with Gasteiger partial charge >= 0.3 is 17.6 Å². The summed E-state index contributed by atoms with van der Waals surface area (Å²) >= 11 is 0. The van der Waals surface area contributed by atoms with Gasteiger partial charge in [-0.3, -0.25) is 10.1 Å². The van der Waals surface area contributed by atoms with Gasteiger partial charge in [-0.15, -0.1) is 0 Å². The van der Waals surface area contributed by atoms with E-state index in [9.17, 15) is 10.1 Å². The molecule has 3 aromatic carbocycles. The van der Waals surface area contributed by atoms with Gasteiger partial charge in [-0.1, -0.05) is 91.0 Å². The van der Waals surface area contributed by atoms with Gasteiger partial charge < -0.3 is 28.4 Å². The number of ether oxygens (including phenoxy) is 6. The fourth-order valence-corrected chi connectivity index (χ4v) is 6.25. The third kappa shape index (κ3) is 5.87. The Morgan fingerprint density at radius 1 is 0.800 bits per heavy atom. The van der Waals surface area contributed by atoms with E-state index in [0.29, 0.717) is 0 Å². The predicted octanol–water partition coefficient (Wildman–Crippen LogP) is 5.24. The molecule has 0 radical (unpaired) electrons. The van der Waals surface area contributed by atoms with E-state index in [-0.39, 0.29) is 36.3 Å². The van der Waals surface area contributed by atoms with Crippen molar-refractivity contribution in [2.24, 2.45) is 0 Å². The van der Waals surface area contributed by atoms with E-state index in [1.165, 1.54) is 14.2 Å². The zero-order chi connectivity index (χ0) is 31.6. The first-order valence-corrected chi connectivity index (χ1v) is 14.7. The molecule has 1 aromatic heterocycles. The minimum atomic E-state index is -0.970. The van der Waals surface area contributed by atoms with Crippen LogP contribution in [0.1, 0.15) is 36.2 Å². The Bertz CT molecular complexity index is 1520. The van der Waals surface area contributed by atoms with Crippen LogP contribution >= 0.6 is 0 Å². The molecule has 0 unspecified atom stereocenters. The van der Waals surface area contributed by atoms with Gasteiger partial charge in [0.05, 0.1) is 31.9 Å². The summed E-state index contributed by atoms with van der Waals surface area (Å²) < 4.78 is 36.7. The summed E-state index contributed by atoms with van der Waals surface area (Å²) in [4.78, 5) is 19.8. The second-order valence-corrected chi connectivity index (χ2v) is 11.3. The predicted molar refractivity (Wildman–Crippen MR) is 163 cm³/mol. The molecule has 2 aliphatic heterocycles. The van der Waals surface area contributed by atoms with Gasteiger partial charge in [0, 0.05) is 6.42 Å². The van der Waals surface area contributed by atoms with Crippen LogP contribution in [0.5, 0.6) is 11.9 Å². The van der Waals surface area contributed by atoms with Crippen molar-refractivity contribution in [2.75, 3.05) is 20.8 Å². The van der Waals surface area contributed by atoms with E-state index < -0.39 is 40.7 Å². The van der Waals surface area contributed by atoms with E-state index in [2.05, 4.69) is 46.4 Å². The highest BCUT2D eigenvalue weighted by Crippen LogP contribution is 2.44. The van der Waals surface area contributed by atoms with E-state index >= 15 is 0 Å². The number of methoxy groups -OCH3 is 2. The van der Waals surface area contributed by atoms with Gasteiger partial charge in [-0.05, 0) is 30.5 Å². The molecule has 234 valence electrons. The lowest BCUT2D eigenvalue weighted by Gasteiger charge is -2.37. The summed E-state index contributed by atoms with van der Waals surface area (Å²) in [6.07, 6.45) is -2.23. The summed E-state index contributed by atoms with van der Waals surface area (Å²) in [5, 5.41) is 12.1. The van der Waals surface area contributed by atoms with Crippen LogP contribution in [-0.4, -0.2) is 65.9 Å². The lowest BCUT2D eigenvalue weighted by atomic mass is 9.80. The summed E-state index contributed by atoms with van der Waals surface area (Å²) in [6, 6.07) is 30.1. The molecule has 0 spiro atoms. The first-order valence-electron chi connectivity index (χ1n) is 14.7. The monoisotopic (exact) mass is 613 g/mol. The molecular formula is C34H35N3O8. The topological polar surface area (TPSA) is 124 Å². The molecule has 2 aliphatic rings. The molecule has 11 heteroatoms. The Hall–Kier alpha value is -4.42. The second-order valence-electron chi connectivity index (χ2n) is 11.3. The number of fused-ring (bicyclic) bond motifs is 1. The van der Waals surface area contributed by atoms with Crippen molar-refractivity contribution in [3.8, 4) is 11.9 Å². The molecule has 6 rings (SSSR count). The van der Waals surface area contributed by atoms with Crippen molar-refractivity contribution < 1.29 is 33.3 Å². The van der Waals surface area contributed by atoms with Crippen LogP contribution < -0.4 is 9.47 Å². The highest BCUT2D eigenvalue weighted by atomic mass is 16.8. The molecule has 3 heterocycles.